The third-order valence-corrected chi connectivity index (χ3v) is 2.93. The first-order valence-electron chi connectivity index (χ1n) is 6.11. The summed E-state index contributed by atoms with van der Waals surface area (Å²) in [4.78, 5) is 0. The summed E-state index contributed by atoms with van der Waals surface area (Å²) in [6, 6.07) is 0. The number of rotatable bonds is 10. The summed E-state index contributed by atoms with van der Waals surface area (Å²) < 4.78 is 40.5. The van der Waals surface area contributed by atoms with E-state index in [0.29, 0.717) is 0 Å². The second-order valence-electron chi connectivity index (χ2n) is 4.31. The molecule has 0 aliphatic rings. The van der Waals surface area contributed by atoms with Crippen molar-refractivity contribution in [3.63, 3.8) is 0 Å². The first kappa shape index (κ1) is 16.8. The van der Waals surface area contributed by atoms with Crippen molar-refractivity contribution in [2.75, 3.05) is 6.61 Å². The Morgan fingerprint density at radius 3 is 2.29 bits per heavy atom. The van der Waals surface area contributed by atoms with Crippen molar-refractivity contribution in [3.05, 3.63) is 0 Å². The molecule has 2 unspecified atom stereocenters. The van der Waals surface area contributed by atoms with Gasteiger partial charge in [-0.3, -0.25) is 4.18 Å². The van der Waals surface area contributed by atoms with Gasteiger partial charge >= 0.3 is 0 Å². The topological polar surface area (TPSA) is 75.7 Å². The van der Waals surface area contributed by atoms with E-state index in [-0.39, 0.29) is 12.7 Å². The molecule has 0 aromatic carbocycles. The SMILES string of the molecule is CCCCCCC(C)OCC(C)OS(=O)(=O)[O-]. The summed E-state index contributed by atoms with van der Waals surface area (Å²) in [6.07, 6.45) is 4.98. The van der Waals surface area contributed by atoms with Crippen molar-refractivity contribution in [2.45, 2.75) is 65.1 Å². The normalized spacial score (nSPS) is 15.8. The molecular weight excluding hydrogens is 244 g/mol. The van der Waals surface area contributed by atoms with Gasteiger partial charge in [-0.15, -0.1) is 0 Å². The zero-order valence-electron chi connectivity index (χ0n) is 10.8. The molecule has 17 heavy (non-hydrogen) atoms. The van der Waals surface area contributed by atoms with E-state index < -0.39 is 16.5 Å². The van der Waals surface area contributed by atoms with Crippen LogP contribution in [0.15, 0.2) is 0 Å². The lowest BCUT2D eigenvalue weighted by molar-refractivity contribution is 0.00811. The fraction of sp³-hybridized carbons (Fsp3) is 1.00. The van der Waals surface area contributed by atoms with E-state index in [2.05, 4.69) is 11.1 Å². The maximum absolute atomic E-state index is 10.3. The number of hydrogen-bond donors (Lipinski definition) is 0. The number of unbranched alkanes of at least 4 members (excludes halogenated alkanes) is 3. The van der Waals surface area contributed by atoms with Crippen LogP contribution in [0.2, 0.25) is 0 Å². The van der Waals surface area contributed by atoms with Gasteiger partial charge in [0.15, 0.2) is 0 Å². The van der Waals surface area contributed by atoms with E-state index in [9.17, 15) is 13.0 Å². The van der Waals surface area contributed by atoms with E-state index in [1.807, 2.05) is 6.92 Å². The third kappa shape index (κ3) is 12.1. The molecule has 0 fully saturated rings. The molecule has 0 saturated heterocycles. The fourth-order valence-electron chi connectivity index (χ4n) is 1.47. The highest BCUT2D eigenvalue weighted by atomic mass is 32.3. The second-order valence-corrected chi connectivity index (χ2v) is 5.32. The van der Waals surface area contributed by atoms with E-state index in [4.69, 9.17) is 4.74 Å². The summed E-state index contributed by atoms with van der Waals surface area (Å²) in [5.41, 5.74) is 0. The predicted octanol–water partition coefficient (Wildman–Crippen LogP) is 2.23. The van der Waals surface area contributed by atoms with E-state index in [0.717, 1.165) is 12.8 Å². The van der Waals surface area contributed by atoms with Gasteiger partial charge in [0.1, 0.15) is 0 Å². The van der Waals surface area contributed by atoms with Crippen LogP contribution in [-0.4, -0.2) is 31.8 Å². The first-order chi connectivity index (χ1) is 7.85. The van der Waals surface area contributed by atoms with Crippen LogP contribution >= 0.6 is 0 Å². The Bertz CT molecular complexity index is 276. The van der Waals surface area contributed by atoms with E-state index in [1.165, 1.54) is 26.2 Å². The summed E-state index contributed by atoms with van der Waals surface area (Å²) in [6.45, 7) is 5.71. The van der Waals surface area contributed by atoms with Crippen LogP contribution in [0.1, 0.15) is 52.9 Å². The van der Waals surface area contributed by atoms with E-state index >= 15 is 0 Å². The molecule has 0 spiro atoms. The Hall–Kier alpha value is -0.170. The average molecular weight is 267 g/mol. The average Bonchev–Trinajstić information content (AvgIpc) is 2.19. The Kier molecular flexibility index (Phi) is 8.77. The largest absolute Gasteiger partial charge is 0.726 e. The fourth-order valence-corrected chi connectivity index (χ4v) is 1.93. The van der Waals surface area contributed by atoms with Crippen LogP contribution < -0.4 is 0 Å². The van der Waals surface area contributed by atoms with Crippen LogP contribution in [0.4, 0.5) is 0 Å². The second kappa shape index (κ2) is 8.85. The van der Waals surface area contributed by atoms with Gasteiger partial charge in [0, 0.05) is 0 Å². The van der Waals surface area contributed by atoms with Crippen molar-refractivity contribution >= 4 is 10.4 Å². The molecule has 0 N–H and O–H groups in total. The quantitative estimate of drug-likeness (QED) is 0.344. The molecule has 0 radical (unpaired) electrons. The van der Waals surface area contributed by atoms with Crippen molar-refractivity contribution in [2.24, 2.45) is 0 Å². The predicted molar refractivity (Wildman–Crippen MR) is 64.4 cm³/mol. The van der Waals surface area contributed by atoms with Gasteiger partial charge in [-0.1, -0.05) is 32.6 Å². The summed E-state index contributed by atoms with van der Waals surface area (Å²) in [5, 5.41) is 0. The molecule has 0 amide bonds. The van der Waals surface area contributed by atoms with Gasteiger partial charge in [-0.25, -0.2) is 8.42 Å². The highest BCUT2D eigenvalue weighted by Crippen LogP contribution is 2.09. The molecule has 6 heteroatoms. The summed E-state index contributed by atoms with van der Waals surface area (Å²) in [7, 11) is -4.63. The number of ether oxygens (including phenoxy) is 1. The minimum atomic E-state index is -4.63. The first-order valence-corrected chi connectivity index (χ1v) is 7.44. The zero-order valence-corrected chi connectivity index (χ0v) is 11.7. The molecule has 0 saturated carbocycles. The van der Waals surface area contributed by atoms with Gasteiger partial charge in [-0.2, -0.15) is 0 Å². The Morgan fingerprint density at radius 2 is 1.76 bits per heavy atom. The lowest BCUT2D eigenvalue weighted by atomic mass is 10.1. The maximum atomic E-state index is 10.3. The van der Waals surface area contributed by atoms with Crippen LogP contribution in [0, 0.1) is 0 Å². The molecule has 0 aliphatic carbocycles. The van der Waals surface area contributed by atoms with Gasteiger partial charge in [0.2, 0.25) is 10.4 Å². The molecular formula is C11H23O5S-. The van der Waals surface area contributed by atoms with Gasteiger partial charge < -0.3 is 9.29 Å². The lowest BCUT2D eigenvalue weighted by Crippen LogP contribution is -2.23. The molecule has 104 valence electrons. The van der Waals surface area contributed by atoms with Crippen LogP contribution in [0.25, 0.3) is 0 Å². The standard InChI is InChI=1S/C11H24O5S/c1-4-5-6-7-8-10(2)15-9-11(3)16-17(12,13)14/h10-11H,4-9H2,1-3H3,(H,12,13,14)/p-1. The molecule has 0 aromatic rings. The van der Waals surface area contributed by atoms with E-state index in [1.54, 1.807) is 0 Å². The van der Waals surface area contributed by atoms with Crippen molar-refractivity contribution in [1.29, 1.82) is 0 Å². The molecule has 0 bridgehead atoms. The van der Waals surface area contributed by atoms with Crippen LogP contribution in [0.5, 0.6) is 0 Å². The maximum Gasteiger partial charge on any atom is 0.217 e. The molecule has 0 rings (SSSR count). The molecule has 0 aromatic heterocycles. The van der Waals surface area contributed by atoms with Crippen molar-refractivity contribution in [3.8, 4) is 0 Å². The zero-order chi connectivity index (χ0) is 13.3. The van der Waals surface area contributed by atoms with Crippen LogP contribution in [-0.2, 0) is 19.3 Å². The number of hydrogen-bond acceptors (Lipinski definition) is 5. The highest BCUT2D eigenvalue weighted by Gasteiger charge is 2.09. The summed E-state index contributed by atoms with van der Waals surface area (Å²) >= 11 is 0. The van der Waals surface area contributed by atoms with Gasteiger partial charge in [-0.05, 0) is 20.3 Å². The highest BCUT2D eigenvalue weighted by molar-refractivity contribution is 7.80. The molecule has 2 atom stereocenters. The molecule has 5 nitrogen and oxygen atoms in total. The van der Waals surface area contributed by atoms with Gasteiger partial charge in [0.05, 0.1) is 18.8 Å². The Labute approximate surface area is 104 Å². The van der Waals surface area contributed by atoms with Crippen LogP contribution in [0.3, 0.4) is 0 Å². The van der Waals surface area contributed by atoms with Crippen molar-refractivity contribution < 1.29 is 21.9 Å². The van der Waals surface area contributed by atoms with Crippen molar-refractivity contribution in [1.82, 2.24) is 0 Å². The third-order valence-electron chi connectivity index (χ3n) is 2.36. The van der Waals surface area contributed by atoms with Gasteiger partial charge in [0.25, 0.3) is 0 Å². The Morgan fingerprint density at radius 1 is 1.12 bits per heavy atom. The molecule has 0 aliphatic heterocycles. The molecule has 0 heterocycles. The minimum Gasteiger partial charge on any atom is -0.726 e. The smallest absolute Gasteiger partial charge is 0.217 e. The minimum absolute atomic E-state index is 0.0623. The summed E-state index contributed by atoms with van der Waals surface area (Å²) in [5.74, 6) is 0. The monoisotopic (exact) mass is 267 g/mol. The lowest BCUT2D eigenvalue weighted by Gasteiger charge is -2.18. The Balaban J connectivity index is 3.58.